The Bertz CT molecular complexity index is 1390. The van der Waals surface area contributed by atoms with Crippen molar-refractivity contribution in [3.05, 3.63) is 78.3 Å². The minimum absolute atomic E-state index is 0.0477. The van der Waals surface area contributed by atoms with Gasteiger partial charge in [0.2, 0.25) is 5.95 Å². The fourth-order valence-corrected chi connectivity index (χ4v) is 3.95. The maximum Gasteiger partial charge on any atom is 0.272 e. The van der Waals surface area contributed by atoms with Crippen LogP contribution in [0.4, 0.5) is 20.4 Å². The van der Waals surface area contributed by atoms with E-state index in [1.807, 2.05) is 0 Å². The Kier molecular flexibility index (Phi) is 5.11. The smallest absolute Gasteiger partial charge is 0.272 e. The molecular weight excluding hydrogens is 428 g/mol. The largest absolute Gasteiger partial charge is 0.340 e. The van der Waals surface area contributed by atoms with Gasteiger partial charge in [0.25, 0.3) is 15.9 Å². The van der Waals surface area contributed by atoms with E-state index in [0.29, 0.717) is 16.6 Å². The standard InChI is InChI=1S/C20H15F2N5O3S/c1-27-17-11-16(22)15(21)9-12(17)10-18(27)19(28)25-13-3-5-14(6-4-13)31(29,30)26-20-23-7-2-8-24-20/h2-11H,1H3,(H,25,28)(H,23,24,26). The van der Waals surface area contributed by atoms with Crippen molar-refractivity contribution < 1.29 is 22.0 Å². The van der Waals surface area contributed by atoms with Crippen molar-refractivity contribution >= 4 is 38.5 Å². The molecule has 0 bridgehead atoms. The summed E-state index contributed by atoms with van der Waals surface area (Å²) in [4.78, 5) is 20.2. The lowest BCUT2D eigenvalue weighted by atomic mass is 10.2. The molecule has 0 aliphatic carbocycles. The average molecular weight is 443 g/mol. The highest BCUT2D eigenvalue weighted by Gasteiger charge is 2.18. The van der Waals surface area contributed by atoms with Crippen molar-refractivity contribution in [3.63, 3.8) is 0 Å². The minimum atomic E-state index is -3.91. The van der Waals surface area contributed by atoms with Gasteiger partial charge in [0.05, 0.1) is 10.4 Å². The zero-order chi connectivity index (χ0) is 22.2. The Morgan fingerprint density at radius 1 is 1.00 bits per heavy atom. The Labute approximate surface area is 175 Å². The SMILES string of the molecule is Cn1c(C(=O)Nc2ccc(S(=O)(=O)Nc3ncccn3)cc2)cc2cc(F)c(F)cc21. The summed E-state index contributed by atoms with van der Waals surface area (Å²) < 4.78 is 55.5. The molecule has 2 aromatic carbocycles. The number of sulfonamides is 1. The Morgan fingerprint density at radius 3 is 2.32 bits per heavy atom. The molecule has 0 radical (unpaired) electrons. The zero-order valence-electron chi connectivity index (χ0n) is 16.0. The third kappa shape index (κ3) is 4.08. The van der Waals surface area contributed by atoms with E-state index in [2.05, 4.69) is 20.0 Å². The van der Waals surface area contributed by atoms with Crippen molar-refractivity contribution in [1.29, 1.82) is 0 Å². The number of benzene rings is 2. The molecule has 4 rings (SSSR count). The molecule has 0 aliphatic heterocycles. The lowest BCUT2D eigenvalue weighted by Crippen LogP contribution is -2.16. The van der Waals surface area contributed by atoms with Gasteiger partial charge < -0.3 is 9.88 Å². The molecule has 0 saturated heterocycles. The van der Waals surface area contributed by atoms with E-state index in [9.17, 15) is 22.0 Å². The van der Waals surface area contributed by atoms with Gasteiger partial charge in [-0.3, -0.25) is 4.79 Å². The highest BCUT2D eigenvalue weighted by atomic mass is 32.2. The van der Waals surface area contributed by atoms with Crippen LogP contribution in [0.1, 0.15) is 10.5 Å². The molecule has 158 valence electrons. The summed E-state index contributed by atoms with van der Waals surface area (Å²) in [6.45, 7) is 0. The first-order chi connectivity index (χ1) is 14.7. The molecule has 31 heavy (non-hydrogen) atoms. The van der Waals surface area contributed by atoms with Crippen LogP contribution in [0.2, 0.25) is 0 Å². The quantitative estimate of drug-likeness (QED) is 0.492. The van der Waals surface area contributed by atoms with E-state index in [1.54, 1.807) is 13.1 Å². The van der Waals surface area contributed by atoms with E-state index < -0.39 is 27.6 Å². The number of carbonyl (C=O) groups is 1. The molecule has 0 aliphatic rings. The third-order valence-electron chi connectivity index (χ3n) is 4.53. The van der Waals surface area contributed by atoms with Crippen molar-refractivity contribution in [3.8, 4) is 0 Å². The first-order valence-corrected chi connectivity index (χ1v) is 10.4. The van der Waals surface area contributed by atoms with Gasteiger partial charge in [-0.1, -0.05) is 0 Å². The molecular formula is C20H15F2N5O3S. The summed E-state index contributed by atoms with van der Waals surface area (Å²) in [7, 11) is -2.35. The van der Waals surface area contributed by atoms with Gasteiger partial charge in [0, 0.05) is 36.6 Å². The van der Waals surface area contributed by atoms with Crippen LogP contribution in [0, 0.1) is 11.6 Å². The van der Waals surface area contributed by atoms with Crippen LogP contribution in [0.5, 0.6) is 0 Å². The second kappa shape index (κ2) is 7.76. The Balaban J connectivity index is 1.53. The van der Waals surface area contributed by atoms with Gasteiger partial charge in [0.1, 0.15) is 5.69 Å². The topological polar surface area (TPSA) is 106 Å². The number of hydrogen-bond donors (Lipinski definition) is 2. The average Bonchev–Trinajstić information content (AvgIpc) is 3.05. The Morgan fingerprint density at radius 2 is 1.65 bits per heavy atom. The molecule has 2 aromatic heterocycles. The lowest BCUT2D eigenvalue weighted by Gasteiger charge is -2.09. The van der Waals surface area contributed by atoms with Crippen LogP contribution in [-0.4, -0.2) is 28.9 Å². The fraction of sp³-hybridized carbons (Fsp3) is 0.0500. The van der Waals surface area contributed by atoms with Gasteiger partial charge in [-0.25, -0.2) is 31.9 Å². The number of rotatable bonds is 5. The van der Waals surface area contributed by atoms with Crippen molar-refractivity contribution in [2.24, 2.45) is 7.05 Å². The van der Waals surface area contributed by atoms with E-state index >= 15 is 0 Å². The van der Waals surface area contributed by atoms with Crippen LogP contribution in [0.25, 0.3) is 10.9 Å². The number of carbonyl (C=O) groups excluding carboxylic acids is 1. The molecule has 0 unspecified atom stereocenters. The number of aryl methyl sites for hydroxylation is 1. The molecule has 8 nitrogen and oxygen atoms in total. The number of nitrogens with one attached hydrogen (secondary N) is 2. The molecule has 0 fully saturated rings. The monoisotopic (exact) mass is 443 g/mol. The van der Waals surface area contributed by atoms with Crippen molar-refractivity contribution in [2.75, 3.05) is 10.0 Å². The number of halogens is 2. The molecule has 11 heteroatoms. The Hall–Kier alpha value is -3.86. The first-order valence-electron chi connectivity index (χ1n) is 8.90. The second-order valence-electron chi connectivity index (χ2n) is 6.57. The van der Waals surface area contributed by atoms with Crippen LogP contribution >= 0.6 is 0 Å². The molecule has 4 aromatic rings. The van der Waals surface area contributed by atoms with E-state index in [4.69, 9.17) is 0 Å². The fourth-order valence-electron chi connectivity index (χ4n) is 2.99. The summed E-state index contributed by atoms with van der Waals surface area (Å²) in [5, 5.41) is 3.01. The van der Waals surface area contributed by atoms with E-state index in [-0.39, 0.29) is 16.5 Å². The van der Waals surface area contributed by atoms with Gasteiger partial charge in [0.15, 0.2) is 11.6 Å². The van der Waals surface area contributed by atoms with Crippen LogP contribution < -0.4 is 10.0 Å². The highest BCUT2D eigenvalue weighted by Crippen LogP contribution is 2.23. The van der Waals surface area contributed by atoms with Gasteiger partial charge in [-0.05, 0) is 42.5 Å². The molecule has 2 heterocycles. The summed E-state index contributed by atoms with van der Waals surface area (Å²) >= 11 is 0. The van der Waals surface area contributed by atoms with E-state index in [1.165, 1.54) is 47.3 Å². The molecule has 1 amide bonds. The minimum Gasteiger partial charge on any atom is -0.340 e. The summed E-state index contributed by atoms with van der Waals surface area (Å²) in [6, 6.07) is 10.5. The molecule has 0 spiro atoms. The number of nitrogens with zero attached hydrogens (tertiary/aromatic N) is 3. The number of fused-ring (bicyclic) bond motifs is 1. The molecule has 0 saturated carbocycles. The van der Waals surface area contributed by atoms with Crippen molar-refractivity contribution in [2.45, 2.75) is 4.90 Å². The number of hydrogen-bond acceptors (Lipinski definition) is 5. The van der Waals surface area contributed by atoms with Gasteiger partial charge >= 0.3 is 0 Å². The molecule has 2 N–H and O–H groups in total. The normalized spacial score (nSPS) is 11.5. The van der Waals surface area contributed by atoms with Crippen LogP contribution in [0.3, 0.4) is 0 Å². The predicted molar refractivity (Wildman–Crippen MR) is 110 cm³/mol. The first kappa shape index (κ1) is 20.4. The molecule has 0 atom stereocenters. The number of anilines is 2. The lowest BCUT2D eigenvalue weighted by molar-refractivity contribution is 0.101. The predicted octanol–water partition coefficient (Wildman–Crippen LogP) is 3.30. The number of aromatic nitrogens is 3. The number of amides is 1. The zero-order valence-corrected chi connectivity index (χ0v) is 16.8. The van der Waals surface area contributed by atoms with Gasteiger partial charge in [-0.15, -0.1) is 0 Å². The highest BCUT2D eigenvalue weighted by molar-refractivity contribution is 7.92. The second-order valence-corrected chi connectivity index (χ2v) is 8.25. The van der Waals surface area contributed by atoms with Gasteiger partial charge in [-0.2, -0.15) is 0 Å². The maximum absolute atomic E-state index is 13.5. The van der Waals surface area contributed by atoms with Crippen molar-refractivity contribution in [1.82, 2.24) is 14.5 Å². The summed E-state index contributed by atoms with van der Waals surface area (Å²) in [6.07, 6.45) is 2.80. The summed E-state index contributed by atoms with van der Waals surface area (Å²) in [5.74, 6) is -2.60. The maximum atomic E-state index is 13.5. The van der Waals surface area contributed by atoms with Crippen LogP contribution in [-0.2, 0) is 17.1 Å². The third-order valence-corrected chi connectivity index (χ3v) is 5.88. The van der Waals surface area contributed by atoms with Crippen LogP contribution in [0.15, 0.2) is 65.8 Å². The summed E-state index contributed by atoms with van der Waals surface area (Å²) in [5.41, 5.74) is 0.877. The van der Waals surface area contributed by atoms with E-state index in [0.717, 1.165) is 12.1 Å².